The monoisotopic (exact) mass is 359 g/mol. The van der Waals surface area contributed by atoms with Crippen LogP contribution in [-0.2, 0) is 13.5 Å². The lowest BCUT2D eigenvalue weighted by molar-refractivity contribution is 0.177. The van der Waals surface area contributed by atoms with Crippen molar-refractivity contribution in [2.45, 2.75) is 12.5 Å². The number of aliphatic hydroxyl groups is 1. The van der Waals surface area contributed by atoms with Gasteiger partial charge in [0.05, 0.1) is 11.8 Å². The molecule has 0 aliphatic carbocycles. The summed E-state index contributed by atoms with van der Waals surface area (Å²) >= 11 is 6.80. The molecule has 17 heavy (non-hydrogen) atoms. The SMILES string of the molecule is Cn1cc(CC(O)c2cc(Br)cc(Br)c2)nn1. The van der Waals surface area contributed by atoms with Gasteiger partial charge in [-0.1, -0.05) is 37.1 Å². The predicted octanol–water partition coefficient (Wildman–Crippen LogP) is 2.62. The van der Waals surface area contributed by atoms with Gasteiger partial charge >= 0.3 is 0 Å². The summed E-state index contributed by atoms with van der Waals surface area (Å²) in [6.07, 6.45) is 1.67. The van der Waals surface area contributed by atoms with Crippen molar-refractivity contribution in [2.24, 2.45) is 7.05 Å². The minimum Gasteiger partial charge on any atom is -0.388 e. The second-order valence-electron chi connectivity index (χ2n) is 3.81. The number of halogens is 2. The van der Waals surface area contributed by atoms with Gasteiger partial charge in [0.2, 0.25) is 0 Å². The average molecular weight is 361 g/mol. The van der Waals surface area contributed by atoms with Gasteiger partial charge in [-0.25, -0.2) is 0 Å². The lowest BCUT2D eigenvalue weighted by Gasteiger charge is -2.10. The number of hydrogen-bond donors (Lipinski definition) is 1. The third-order valence-electron chi connectivity index (χ3n) is 2.32. The molecule has 2 aromatic rings. The van der Waals surface area contributed by atoms with Crippen molar-refractivity contribution in [1.29, 1.82) is 0 Å². The molecule has 1 atom stereocenters. The van der Waals surface area contributed by atoms with Crippen LogP contribution < -0.4 is 0 Å². The number of aromatic nitrogens is 3. The van der Waals surface area contributed by atoms with Crippen LogP contribution in [0.3, 0.4) is 0 Å². The third-order valence-corrected chi connectivity index (χ3v) is 3.24. The van der Waals surface area contributed by atoms with Crippen LogP contribution in [0.2, 0.25) is 0 Å². The van der Waals surface area contributed by atoms with E-state index in [1.807, 2.05) is 18.2 Å². The molecule has 0 aliphatic rings. The molecule has 1 heterocycles. The number of aryl methyl sites for hydroxylation is 1. The molecule has 0 amide bonds. The van der Waals surface area contributed by atoms with Gasteiger partial charge in [-0.05, 0) is 23.8 Å². The van der Waals surface area contributed by atoms with Gasteiger partial charge in [-0.2, -0.15) is 0 Å². The van der Waals surface area contributed by atoms with E-state index < -0.39 is 6.10 Å². The first-order valence-electron chi connectivity index (χ1n) is 5.04. The topological polar surface area (TPSA) is 50.9 Å². The van der Waals surface area contributed by atoms with Crippen LogP contribution >= 0.6 is 31.9 Å². The number of benzene rings is 1. The van der Waals surface area contributed by atoms with Crippen molar-refractivity contribution in [2.75, 3.05) is 0 Å². The normalized spacial score (nSPS) is 12.7. The molecule has 0 radical (unpaired) electrons. The molecule has 1 aromatic carbocycles. The molecule has 0 aliphatic heterocycles. The molecule has 6 heteroatoms. The smallest absolute Gasteiger partial charge is 0.0856 e. The fourth-order valence-corrected chi connectivity index (χ4v) is 2.90. The first-order valence-corrected chi connectivity index (χ1v) is 6.62. The van der Waals surface area contributed by atoms with Crippen molar-refractivity contribution in [3.63, 3.8) is 0 Å². The quantitative estimate of drug-likeness (QED) is 0.915. The summed E-state index contributed by atoms with van der Waals surface area (Å²) in [5, 5.41) is 17.9. The highest BCUT2D eigenvalue weighted by Crippen LogP contribution is 2.25. The fourth-order valence-electron chi connectivity index (χ4n) is 1.57. The largest absolute Gasteiger partial charge is 0.388 e. The van der Waals surface area contributed by atoms with E-state index in [1.165, 1.54) is 0 Å². The number of aliphatic hydroxyl groups excluding tert-OH is 1. The van der Waals surface area contributed by atoms with Crippen molar-refractivity contribution in [1.82, 2.24) is 15.0 Å². The summed E-state index contributed by atoms with van der Waals surface area (Å²) in [6, 6.07) is 5.72. The Morgan fingerprint density at radius 2 is 1.94 bits per heavy atom. The van der Waals surface area contributed by atoms with Crippen molar-refractivity contribution in [3.8, 4) is 0 Å². The predicted molar refractivity (Wildman–Crippen MR) is 71.5 cm³/mol. The maximum atomic E-state index is 10.1. The van der Waals surface area contributed by atoms with E-state index in [0.717, 1.165) is 20.2 Å². The molecule has 1 unspecified atom stereocenters. The summed E-state index contributed by atoms with van der Waals surface area (Å²) in [5.41, 5.74) is 1.62. The van der Waals surface area contributed by atoms with Gasteiger partial charge in [0.1, 0.15) is 0 Å². The molecule has 0 bridgehead atoms. The number of nitrogens with zero attached hydrogens (tertiary/aromatic N) is 3. The molecular weight excluding hydrogens is 350 g/mol. The molecule has 90 valence electrons. The Bertz CT molecular complexity index is 507. The zero-order valence-electron chi connectivity index (χ0n) is 9.14. The van der Waals surface area contributed by atoms with Gasteiger partial charge in [0.25, 0.3) is 0 Å². The molecular formula is C11H11Br2N3O. The summed E-state index contributed by atoms with van der Waals surface area (Å²) in [4.78, 5) is 0. The second kappa shape index (κ2) is 5.29. The molecule has 0 saturated heterocycles. The van der Waals surface area contributed by atoms with Crippen molar-refractivity contribution in [3.05, 3.63) is 44.6 Å². The maximum absolute atomic E-state index is 10.1. The summed E-state index contributed by atoms with van der Waals surface area (Å²) in [6.45, 7) is 0. The highest BCUT2D eigenvalue weighted by atomic mass is 79.9. The molecule has 4 nitrogen and oxygen atoms in total. The molecule has 0 fully saturated rings. The van der Waals surface area contributed by atoms with Gasteiger partial charge in [-0.15, -0.1) is 5.10 Å². The Morgan fingerprint density at radius 1 is 1.29 bits per heavy atom. The third kappa shape index (κ3) is 3.37. The van der Waals surface area contributed by atoms with Crippen LogP contribution in [0.5, 0.6) is 0 Å². The highest BCUT2D eigenvalue weighted by Gasteiger charge is 2.12. The zero-order chi connectivity index (χ0) is 12.4. The Kier molecular flexibility index (Phi) is 3.96. The van der Waals surface area contributed by atoms with Gasteiger partial charge in [-0.3, -0.25) is 4.68 Å². The standard InChI is InChI=1S/C11H11Br2N3O/c1-16-6-10(14-15-16)5-11(17)7-2-8(12)4-9(13)3-7/h2-4,6,11,17H,5H2,1H3. The van der Waals surface area contributed by atoms with Gasteiger partial charge < -0.3 is 5.11 Å². The second-order valence-corrected chi connectivity index (χ2v) is 5.64. The van der Waals surface area contributed by atoms with E-state index in [9.17, 15) is 5.11 Å². The highest BCUT2D eigenvalue weighted by molar-refractivity contribution is 9.11. The van der Waals surface area contributed by atoms with Crippen LogP contribution in [-0.4, -0.2) is 20.1 Å². The summed E-state index contributed by atoms with van der Waals surface area (Å²) in [7, 11) is 1.80. The molecule has 0 saturated carbocycles. The van der Waals surface area contributed by atoms with Crippen LogP contribution in [0.1, 0.15) is 17.4 Å². The lowest BCUT2D eigenvalue weighted by Crippen LogP contribution is -2.02. The molecule has 1 aromatic heterocycles. The first-order chi connectivity index (χ1) is 8.04. The van der Waals surface area contributed by atoms with Crippen LogP contribution in [0.25, 0.3) is 0 Å². The van der Waals surface area contributed by atoms with Crippen molar-refractivity contribution < 1.29 is 5.11 Å². The maximum Gasteiger partial charge on any atom is 0.0856 e. The van der Waals surface area contributed by atoms with Crippen LogP contribution in [0.15, 0.2) is 33.3 Å². The van der Waals surface area contributed by atoms with Crippen LogP contribution in [0, 0.1) is 0 Å². The van der Waals surface area contributed by atoms with E-state index in [4.69, 9.17) is 0 Å². The van der Waals surface area contributed by atoms with E-state index in [-0.39, 0.29) is 0 Å². The minimum absolute atomic E-state index is 0.455. The van der Waals surface area contributed by atoms with Gasteiger partial charge in [0, 0.05) is 28.6 Å². The first kappa shape index (κ1) is 12.7. The van der Waals surface area contributed by atoms with Gasteiger partial charge in [0.15, 0.2) is 0 Å². The fraction of sp³-hybridized carbons (Fsp3) is 0.273. The number of hydrogen-bond acceptors (Lipinski definition) is 3. The number of rotatable bonds is 3. The molecule has 2 rings (SSSR count). The Hall–Kier alpha value is -0.720. The molecule has 1 N–H and O–H groups in total. The van der Waals surface area contributed by atoms with Crippen molar-refractivity contribution >= 4 is 31.9 Å². The Labute approximate surface area is 116 Å². The Morgan fingerprint density at radius 3 is 2.47 bits per heavy atom. The lowest BCUT2D eigenvalue weighted by atomic mass is 10.1. The minimum atomic E-state index is -0.583. The molecule has 0 spiro atoms. The van der Waals surface area contributed by atoms with E-state index in [2.05, 4.69) is 42.2 Å². The zero-order valence-corrected chi connectivity index (χ0v) is 12.3. The summed E-state index contributed by atoms with van der Waals surface area (Å²) in [5.74, 6) is 0. The average Bonchev–Trinajstić information content (AvgIpc) is 2.62. The van der Waals surface area contributed by atoms with E-state index in [0.29, 0.717) is 6.42 Å². The van der Waals surface area contributed by atoms with E-state index in [1.54, 1.807) is 17.9 Å². The Balaban J connectivity index is 2.16. The van der Waals surface area contributed by atoms with E-state index >= 15 is 0 Å². The summed E-state index contributed by atoms with van der Waals surface area (Å²) < 4.78 is 3.49. The van der Waals surface area contributed by atoms with Crippen LogP contribution in [0.4, 0.5) is 0 Å².